The van der Waals surface area contributed by atoms with Crippen LogP contribution >= 0.6 is 12.4 Å². The van der Waals surface area contributed by atoms with Crippen LogP contribution in [0.25, 0.3) is 0 Å². The van der Waals surface area contributed by atoms with Gasteiger partial charge in [-0.3, -0.25) is 4.79 Å². The molecule has 3 amide bonds. The molecule has 0 bridgehead atoms. The summed E-state index contributed by atoms with van der Waals surface area (Å²) in [7, 11) is 0. The van der Waals surface area contributed by atoms with Crippen molar-refractivity contribution in [3.05, 3.63) is 29.8 Å². The second-order valence-corrected chi connectivity index (χ2v) is 6.42. The summed E-state index contributed by atoms with van der Waals surface area (Å²) in [4.78, 5) is 24.2. The van der Waals surface area contributed by atoms with Crippen LogP contribution in [0.1, 0.15) is 43.0 Å². The van der Waals surface area contributed by atoms with Crippen LogP contribution in [0.3, 0.4) is 0 Å². The highest BCUT2D eigenvalue weighted by Crippen LogP contribution is 2.19. The maximum Gasteiger partial charge on any atom is 0.319 e. The Morgan fingerprint density at radius 3 is 2.67 bits per heavy atom. The number of carbonyl (C=O) groups is 2. The molecule has 1 saturated heterocycles. The lowest BCUT2D eigenvalue weighted by atomic mass is 9.99. The summed E-state index contributed by atoms with van der Waals surface area (Å²) in [5, 5.41) is 12.1. The number of piperidine rings is 1. The van der Waals surface area contributed by atoms with Crippen LogP contribution in [0.15, 0.2) is 24.3 Å². The number of urea groups is 1. The Kier molecular flexibility index (Phi) is 6.45. The molecular formula is C17H25ClN4O2. The second kappa shape index (κ2) is 8.35. The minimum absolute atomic E-state index is 0. The molecule has 1 aliphatic heterocycles. The Morgan fingerprint density at radius 1 is 1.17 bits per heavy atom. The van der Waals surface area contributed by atoms with Crippen LogP contribution in [-0.4, -0.2) is 36.6 Å². The van der Waals surface area contributed by atoms with E-state index in [-0.39, 0.29) is 36.4 Å². The molecule has 2 atom stereocenters. The topological polar surface area (TPSA) is 82.3 Å². The minimum atomic E-state index is -0.213. The number of hydrogen-bond donors (Lipinski definition) is 4. The highest BCUT2D eigenvalue weighted by atomic mass is 35.5. The summed E-state index contributed by atoms with van der Waals surface area (Å²) < 4.78 is 0. The van der Waals surface area contributed by atoms with Gasteiger partial charge in [0.15, 0.2) is 0 Å². The van der Waals surface area contributed by atoms with Gasteiger partial charge >= 0.3 is 6.03 Å². The first kappa shape index (κ1) is 18.5. The average molecular weight is 353 g/mol. The van der Waals surface area contributed by atoms with Crippen LogP contribution < -0.4 is 21.3 Å². The number of carbonyl (C=O) groups excluding carboxylic acids is 2. The maximum absolute atomic E-state index is 12.4. The smallest absolute Gasteiger partial charge is 0.319 e. The van der Waals surface area contributed by atoms with Crippen molar-refractivity contribution in [2.45, 2.75) is 50.7 Å². The number of nitrogens with one attached hydrogen (secondary N) is 4. The van der Waals surface area contributed by atoms with Gasteiger partial charge in [-0.05, 0) is 57.4 Å². The van der Waals surface area contributed by atoms with Gasteiger partial charge in [0.1, 0.15) is 0 Å². The Balaban J connectivity index is 0.00000208. The standard InChI is InChI=1S/C17H24N4O2.ClH/c1-11-15(6-3-9-18-11)21-16(22)12-4-2-5-14(10-12)20-17(23)19-13-7-8-13;/h2,4-5,10-11,13,15,18H,3,6-9H2,1H3,(H,21,22)(H2,19,20,23);1H. The van der Waals surface area contributed by atoms with Crippen molar-refractivity contribution in [2.75, 3.05) is 11.9 Å². The van der Waals surface area contributed by atoms with Crippen LogP contribution in [0, 0.1) is 0 Å². The summed E-state index contributed by atoms with van der Waals surface area (Å²) in [5.74, 6) is -0.100. The fourth-order valence-electron chi connectivity index (χ4n) is 2.81. The molecule has 2 fully saturated rings. The van der Waals surface area contributed by atoms with Gasteiger partial charge in [0, 0.05) is 29.4 Å². The molecule has 4 N–H and O–H groups in total. The van der Waals surface area contributed by atoms with E-state index in [0.29, 0.717) is 17.3 Å². The van der Waals surface area contributed by atoms with E-state index in [4.69, 9.17) is 0 Å². The number of hydrogen-bond acceptors (Lipinski definition) is 3. The first-order chi connectivity index (χ1) is 11.1. The van der Waals surface area contributed by atoms with Gasteiger partial charge in [0.25, 0.3) is 5.91 Å². The van der Waals surface area contributed by atoms with E-state index in [0.717, 1.165) is 32.2 Å². The van der Waals surface area contributed by atoms with Crippen LogP contribution in [-0.2, 0) is 0 Å². The van der Waals surface area contributed by atoms with Crippen molar-refractivity contribution >= 4 is 30.0 Å². The molecule has 0 aromatic heterocycles. The molecule has 24 heavy (non-hydrogen) atoms. The number of rotatable bonds is 4. The highest BCUT2D eigenvalue weighted by molar-refractivity contribution is 5.97. The third kappa shape index (κ3) is 5.11. The predicted octanol–water partition coefficient (Wildman–Crippen LogP) is 2.26. The summed E-state index contributed by atoms with van der Waals surface area (Å²) >= 11 is 0. The Bertz CT molecular complexity index is 592. The summed E-state index contributed by atoms with van der Waals surface area (Å²) in [6.45, 7) is 3.09. The molecule has 2 unspecified atom stereocenters. The van der Waals surface area contributed by atoms with Crippen molar-refractivity contribution in [3.63, 3.8) is 0 Å². The number of benzene rings is 1. The van der Waals surface area contributed by atoms with Gasteiger partial charge in [-0.2, -0.15) is 0 Å². The van der Waals surface area contributed by atoms with Crippen molar-refractivity contribution in [3.8, 4) is 0 Å². The minimum Gasteiger partial charge on any atom is -0.348 e. The van der Waals surface area contributed by atoms with E-state index in [1.807, 2.05) is 0 Å². The molecule has 2 aliphatic rings. The first-order valence-corrected chi connectivity index (χ1v) is 8.33. The molecule has 6 nitrogen and oxygen atoms in total. The molecule has 1 heterocycles. The summed E-state index contributed by atoms with van der Waals surface area (Å²) in [6.07, 6.45) is 4.15. The van der Waals surface area contributed by atoms with Gasteiger partial charge in [0.05, 0.1) is 0 Å². The van der Waals surface area contributed by atoms with Crippen LogP contribution in [0.5, 0.6) is 0 Å². The van der Waals surface area contributed by atoms with Crippen molar-refractivity contribution in [1.29, 1.82) is 0 Å². The fraction of sp³-hybridized carbons (Fsp3) is 0.529. The van der Waals surface area contributed by atoms with Crippen LogP contribution in [0.4, 0.5) is 10.5 Å². The van der Waals surface area contributed by atoms with Gasteiger partial charge in [-0.1, -0.05) is 6.07 Å². The third-order valence-electron chi connectivity index (χ3n) is 4.37. The van der Waals surface area contributed by atoms with Gasteiger partial charge < -0.3 is 21.3 Å². The predicted molar refractivity (Wildman–Crippen MR) is 96.8 cm³/mol. The van der Waals surface area contributed by atoms with E-state index in [2.05, 4.69) is 28.2 Å². The Labute approximate surface area is 148 Å². The zero-order valence-corrected chi connectivity index (χ0v) is 14.6. The number of halogens is 1. The molecular weight excluding hydrogens is 328 g/mol. The second-order valence-electron chi connectivity index (χ2n) is 6.42. The molecule has 1 saturated carbocycles. The lowest BCUT2D eigenvalue weighted by Crippen LogP contribution is -2.51. The molecule has 7 heteroatoms. The normalized spacial score (nSPS) is 22.9. The monoisotopic (exact) mass is 352 g/mol. The number of amides is 3. The molecule has 1 aliphatic carbocycles. The fourth-order valence-corrected chi connectivity index (χ4v) is 2.81. The average Bonchev–Trinajstić information content (AvgIpc) is 3.33. The largest absolute Gasteiger partial charge is 0.348 e. The molecule has 132 valence electrons. The molecule has 0 radical (unpaired) electrons. The third-order valence-corrected chi connectivity index (χ3v) is 4.37. The zero-order chi connectivity index (χ0) is 16.2. The molecule has 0 spiro atoms. The molecule has 3 rings (SSSR count). The van der Waals surface area contributed by atoms with Crippen molar-refractivity contribution < 1.29 is 9.59 Å². The zero-order valence-electron chi connectivity index (χ0n) is 13.8. The first-order valence-electron chi connectivity index (χ1n) is 8.33. The van der Waals surface area contributed by atoms with Crippen molar-refractivity contribution in [2.24, 2.45) is 0 Å². The lowest BCUT2D eigenvalue weighted by molar-refractivity contribution is 0.0920. The summed E-state index contributed by atoms with van der Waals surface area (Å²) in [5.41, 5.74) is 1.19. The van der Waals surface area contributed by atoms with Gasteiger partial charge in [-0.25, -0.2) is 4.79 Å². The summed E-state index contributed by atoms with van der Waals surface area (Å²) in [6, 6.07) is 7.56. The van der Waals surface area contributed by atoms with E-state index in [1.165, 1.54) is 0 Å². The van der Waals surface area contributed by atoms with E-state index in [1.54, 1.807) is 24.3 Å². The van der Waals surface area contributed by atoms with Gasteiger partial charge in [0.2, 0.25) is 0 Å². The van der Waals surface area contributed by atoms with E-state index < -0.39 is 0 Å². The molecule has 1 aromatic rings. The molecule has 1 aromatic carbocycles. The maximum atomic E-state index is 12.4. The van der Waals surface area contributed by atoms with Crippen LogP contribution in [0.2, 0.25) is 0 Å². The SMILES string of the molecule is CC1NCCCC1NC(=O)c1cccc(NC(=O)NC2CC2)c1.Cl. The Hall–Kier alpha value is -1.79. The highest BCUT2D eigenvalue weighted by Gasteiger charge is 2.24. The quantitative estimate of drug-likeness (QED) is 0.671. The number of anilines is 1. The lowest BCUT2D eigenvalue weighted by Gasteiger charge is -2.30. The van der Waals surface area contributed by atoms with E-state index >= 15 is 0 Å². The van der Waals surface area contributed by atoms with Crippen molar-refractivity contribution in [1.82, 2.24) is 16.0 Å². The Morgan fingerprint density at radius 2 is 1.96 bits per heavy atom. The van der Waals surface area contributed by atoms with Gasteiger partial charge in [-0.15, -0.1) is 12.4 Å². The van der Waals surface area contributed by atoms with E-state index in [9.17, 15) is 9.59 Å².